The van der Waals surface area contributed by atoms with E-state index in [1.165, 1.54) is 38.1 Å². The molecule has 0 saturated carbocycles. The number of Topliss-reactive ketones (excluding diaryl/α,β-unsaturated/α-hetero) is 1. The maximum Gasteiger partial charge on any atom is 0.338 e. The van der Waals surface area contributed by atoms with Crippen molar-refractivity contribution >= 4 is 35.1 Å². The fourth-order valence-electron chi connectivity index (χ4n) is 2.25. The van der Waals surface area contributed by atoms with Crippen molar-refractivity contribution in [2.75, 3.05) is 10.6 Å². The van der Waals surface area contributed by atoms with Gasteiger partial charge in [0.05, 0.1) is 11.3 Å². The van der Waals surface area contributed by atoms with Crippen LogP contribution in [0.15, 0.2) is 48.5 Å². The number of carbonyl (C=O) groups excluding carboxylic acids is 4. The lowest BCUT2D eigenvalue weighted by Crippen LogP contribution is -2.30. The maximum atomic E-state index is 12.3. The summed E-state index contributed by atoms with van der Waals surface area (Å²) in [6.45, 7) is 2.82. The van der Waals surface area contributed by atoms with Crippen molar-refractivity contribution in [3.63, 3.8) is 0 Å². The number of esters is 1. The zero-order valence-electron chi connectivity index (χ0n) is 14.8. The van der Waals surface area contributed by atoms with E-state index in [0.29, 0.717) is 16.9 Å². The second kappa shape index (κ2) is 8.61. The molecule has 0 fully saturated rings. The molecule has 1 atom stereocenters. The Bertz CT molecular complexity index is 877. The van der Waals surface area contributed by atoms with Crippen LogP contribution < -0.4 is 16.4 Å². The first kappa shape index (κ1) is 19.6. The van der Waals surface area contributed by atoms with Gasteiger partial charge in [-0.1, -0.05) is 12.1 Å². The van der Waals surface area contributed by atoms with Gasteiger partial charge in [-0.05, 0) is 50.2 Å². The van der Waals surface area contributed by atoms with E-state index in [1.807, 2.05) is 0 Å². The van der Waals surface area contributed by atoms with Gasteiger partial charge in [-0.15, -0.1) is 0 Å². The summed E-state index contributed by atoms with van der Waals surface area (Å²) >= 11 is 0. The third kappa shape index (κ3) is 5.40. The predicted octanol–water partition coefficient (Wildman–Crippen LogP) is 2.56. The first-order chi connectivity index (χ1) is 12.8. The molecule has 0 aliphatic carbocycles. The molecule has 0 bridgehead atoms. The highest BCUT2D eigenvalue weighted by atomic mass is 16.5. The summed E-state index contributed by atoms with van der Waals surface area (Å²) in [4.78, 5) is 46.8. The normalized spacial score (nSPS) is 11.2. The molecule has 8 heteroatoms. The molecule has 0 aliphatic heterocycles. The summed E-state index contributed by atoms with van der Waals surface area (Å²) in [6.07, 6.45) is -1.08. The van der Waals surface area contributed by atoms with Gasteiger partial charge in [0.15, 0.2) is 11.9 Å². The predicted molar refractivity (Wildman–Crippen MR) is 99.6 cm³/mol. The van der Waals surface area contributed by atoms with E-state index in [-0.39, 0.29) is 11.3 Å². The number of anilines is 2. The monoisotopic (exact) mass is 369 g/mol. The van der Waals surface area contributed by atoms with Crippen LogP contribution in [-0.4, -0.2) is 29.8 Å². The number of primary amides is 1. The average Bonchev–Trinajstić information content (AvgIpc) is 2.61. The minimum atomic E-state index is -1.08. The number of carbonyl (C=O) groups is 4. The van der Waals surface area contributed by atoms with Crippen LogP contribution in [0.3, 0.4) is 0 Å². The van der Waals surface area contributed by atoms with Crippen LogP contribution in [0.1, 0.15) is 34.6 Å². The molecule has 0 aromatic heterocycles. The molecular weight excluding hydrogens is 350 g/mol. The standard InChI is InChI=1S/C19H19N3O5/c1-11(23)15-5-3-4-6-16(15)22-17(24)12(2)27-18(25)13-7-9-14(10-8-13)21-19(20)26/h3-10,12H,1-2H3,(H,22,24)(H3,20,21,26)/t12-/m1/s1. The maximum absolute atomic E-state index is 12.3. The molecule has 0 heterocycles. The van der Waals surface area contributed by atoms with Crippen LogP contribution in [0.4, 0.5) is 16.2 Å². The average molecular weight is 369 g/mol. The molecule has 2 aromatic carbocycles. The molecule has 140 valence electrons. The SMILES string of the molecule is CC(=O)c1ccccc1NC(=O)[C@@H](C)OC(=O)c1ccc(NC(N)=O)cc1. The Labute approximate surface area is 155 Å². The van der Waals surface area contributed by atoms with Crippen molar-refractivity contribution in [2.45, 2.75) is 20.0 Å². The summed E-state index contributed by atoms with van der Waals surface area (Å²) in [5.41, 5.74) is 6.34. The molecule has 2 rings (SSSR count). The quantitative estimate of drug-likeness (QED) is 0.532. The van der Waals surface area contributed by atoms with Crippen molar-refractivity contribution in [2.24, 2.45) is 5.73 Å². The molecule has 0 spiro atoms. The molecule has 0 saturated heterocycles. The molecule has 0 unspecified atom stereocenters. The van der Waals surface area contributed by atoms with E-state index in [2.05, 4.69) is 10.6 Å². The Kier molecular flexibility index (Phi) is 6.27. The molecule has 0 radical (unpaired) electrons. The van der Waals surface area contributed by atoms with Gasteiger partial charge in [-0.3, -0.25) is 9.59 Å². The van der Waals surface area contributed by atoms with Crippen LogP contribution in [0.2, 0.25) is 0 Å². The van der Waals surface area contributed by atoms with Gasteiger partial charge in [0.1, 0.15) is 0 Å². The van der Waals surface area contributed by atoms with Crippen LogP contribution in [-0.2, 0) is 9.53 Å². The molecular formula is C19H19N3O5. The van der Waals surface area contributed by atoms with Gasteiger partial charge in [0, 0.05) is 11.3 Å². The zero-order valence-corrected chi connectivity index (χ0v) is 14.8. The Balaban J connectivity index is 2.00. The van der Waals surface area contributed by atoms with Crippen molar-refractivity contribution in [3.05, 3.63) is 59.7 Å². The van der Waals surface area contributed by atoms with Gasteiger partial charge in [0.25, 0.3) is 5.91 Å². The fourth-order valence-corrected chi connectivity index (χ4v) is 2.25. The van der Waals surface area contributed by atoms with E-state index in [4.69, 9.17) is 10.5 Å². The van der Waals surface area contributed by atoms with Crippen LogP contribution >= 0.6 is 0 Å². The highest BCUT2D eigenvalue weighted by Gasteiger charge is 2.20. The van der Waals surface area contributed by atoms with Crippen molar-refractivity contribution in [1.29, 1.82) is 0 Å². The molecule has 2 aromatic rings. The van der Waals surface area contributed by atoms with Gasteiger partial charge in [0.2, 0.25) is 0 Å². The second-order valence-electron chi connectivity index (χ2n) is 5.71. The Morgan fingerprint density at radius 3 is 2.19 bits per heavy atom. The number of urea groups is 1. The number of benzene rings is 2. The number of hydrogen-bond acceptors (Lipinski definition) is 5. The summed E-state index contributed by atoms with van der Waals surface area (Å²) < 4.78 is 5.14. The number of para-hydroxylation sites is 1. The van der Waals surface area contributed by atoms with E-state index < -0.39 is 24.0 Å². The summed E-state index contributed by atoms with van der Waals surface area (Å²) in [6, 6.07) is 11.7. The number of nitrogens with one attached hydrogen (secondary N) is 2. The molecule has 27 heavy (non-hydrogen) atoms. The van der Waals surface area contributed by atoms with Crippen molar-refractivity contribution in [3.8, 4) is 0 Å². The molecule has 8 nitrogen and oxygen atoms in total. The minimum Gasteiger partial charge on any atom is -0.449 e. The smallest absolute Gasteiger partial charge is 0.338 e. The summed E-state index contributed by atoms with van der Waals surface area (Å²) in [5, 5.41) is 4.95. The first-order valence-corrected chi connectivity index (χ1v) is 8.06. The molecule has 4 N–H and O–H groups in total. The van der Waals surface area contributed by atoms with E-state index in [9.17, 15) is 19.2 Å². The molecule has 3 amide bonds. The largest absolute Gasteiger partial charge is 0.449 e. The van der Waals surface area contributed by atoms with E-state index in [0.717, 1.165) is 0 Å². The van der Waals surface area contributed by atoms with Crippen LogP contribution in [0.25, 0.3) is 0 Å². The molecule has 0 aliphatic rings. The number of ether oxygens (including phenoxy) is 1. The van der Waals surface area contributed by atoms with Crippen LogP contribution in [0.5, 0.6) is 0 Å². The van der Waals surface area contributed by atoms with Gasteiger partial charge in [-0.2, -0.15) is 0 Å². The van der Waals surface area contributed by atoms with Gasteiger partial charge in [-0.25, -0.2) is 9.59 Å². The third-order valence-corrected chi connectivity index (χ3v) is 3.61. The number of hydrogen-bond donors (Lipinski definition) is 3. The Morgan fingerprint density at radius 1 is 0.963 bits per heavy atom. The summed E-state index contributed by atoms with van der Waals surface area (Å²) in [7, 11) is 0. The van der Waals surface area contributed by atoms with Gasteiger partial charge < -0.3 is 21.1 Å². The fraction of sp³-hybridized carbons (Fsp3) is 0.158. The van der Waals surface area contributed by atoms with Gasteiger partial charge >= 0.3 is 12.0 Å². The first-order valence-electron chi connectivity index (χ1n) is 8.06. The lowest BCUT2D eigenvalue weighted by atomic mass is 10.1. The highest BCUT2D eigenvalue weighted by molar-refractivity contribution is 6.05. The van der Waals surface area contributed by atoms with E-state index in [1.54, 1.807) is 24.3 Å². The third-order valence-electron chi connectivity index (χ3n) is 3.61. The lowest BCUT2D eigenvalue weighted by molar-refractivity contribution is -0.123. The summed E-state index contributed by atoms with van der Waals surface area (Å²) in [5.74, 6) is -1.47. The van der Waals surface area contributed by atoms with E-state index >= 15 is 0 Å². The number of ketones is 1. The zero-order chi connectivity index (χ0) is 20.0. The second-order valence-corrected chi connectivity index (χ2v) is 5.71. The van der Waals surface area contributed by atoms with Crippen LogP contribution in [0, 0.1) is 0 Å². The topological polar surface area (TPSA) is 128 Å². The minimum absolute atomic E-state index is 0.194. The highest BCUT2D eigenvalue weighted by Crippen LogP contribution is 2.17. The Hall–Kier alpha value is -3.68. The Morgan fingerprint density at radius 2 is 1.59 bits per heavy atom. The van der Waals surface area contributed by atoms with Crippen molar-refractivity contribution in [1.82, 2.24) is 0 Å². The number of amides is 3. The van der Waals surface area contributed by atoms with Crippen molar-refractivity contribution < 1.29 is 23.9 Å². The number of nitrogens with two attached hydrogens (primary N) is 1. The number of rotatable bonds is 6. The lowest BCUT2D eigenvalue weighted by Gasteiger charge is -2.15.